The number of aliphatic imine (C=N–C) groups is 1. The first-order chi connectivity index (χ1) is 11.8. The Morgan fingerprint density at radius 3 is 2.83 bits per heavy atom. The van der Waals surface area contributed by atoms with Crippen LogP contribution in [0.3, 0.4) is 0 Å². The van der Waals surface area contributed by atoms with Crippen LogP contribution in [0.25, 0.3) is 11.1 Å². The smallest absolute Gasteiger partial charge is 0.187 e. The van der Waals surface area contributed by atoms with E-state index in [2.05, 4.69) is 20.4 Å². The van der Waals surface area contributed by atoms with Gasteiger partial charge in [0.15, 0.2) is 11.0 Å². The molecule has 4 heterocycles. The highest BCUT2D eigenvalue weighted by Gasteiger charge is 2.28. The zero-order valence-corrected chi connectivity index (χ0v) is 14.5. The number of thioether (sulfide) groups is 1. The maximum Gasteiger partial charge on any atom is 0.187 e. The van der Waals surface area contributed by atoms with Gasteiger partial charge in [-0.3, -0.25) is 0 Å². The van der Waals surface area contributed by atoms with Crippen molar-refractivity contribution in [1.82, 2.24) is 25.1 Å². The van der Waals surface area contributed by atoms with Gasteiger partial charge in [-0.15, -0.1) is 0 Å². The first-order valence-electron chi connectivity index (χ1n) is 8.24. The normalized spacial score (nSPS) is 23.7. The Labute approximate surface area is 145 Å². The molecule has 0 bridgehead atoms. The summed E-state index contributed by atoms with van der Waals surface area (Å²) in [5, 5.41) is 8.66. The lowest BCUT2D eigenvalue weighted by Gasteiger charge is -2.29. The average Bonchev–Trinajstić information content (AvgIpc) is 3.07. The molecule has 8 heteroatoms. The van der Waals surface area contributed by atoms with E-state index in [4.69, 9.17) is 10.7 Å². The molecule has 0 saturated carbocycles. The van der Waals surface area contributed by atoms with E-state index in [9.17, 15) is 0 Å². The van der Waals surface area contributed by atoms with Crippen molar-refractivity contribution >= 4 is 23.3 Å². The van der Waals surface area contributed by atoms with Crippen LogP contribution in [0.2, 0.25) is 0 Å². The van der Waals surface area contributed by atoms with Crippen molar-refractivity contribution in [1.29, 1.82) is 0 Å². The SMILES string of the molecule is CSc1ncc(-c2cnn3c2N=C(C2CCCNC2)CC3N)cn1. The minimum atomic E-state index is -0.158. The molecule has 2 atom stereocenters. The average molecular weight is 343 g/mol. The summed E-state index contributed by atoms with van der Waals surface area (Å²) in [4.78, 5) is 13.6. The van der Waals surface area contributed by atoms with Crippen LogP contribution in [-0.4, -0.2) is 44.8 Å². The molecular weight excluding hydrogens is 322 g/mol. The molecule has 3 N–H and O–H groups in total. The Bertz CT molecular complexity index is 746. The number of fused-ring (bicyclic) bond motifs is 1. The molecule has 2 aromatic rings. The molecule has 0 radical (unpaired) electrons. The van der Waals surface area contributed by atoms with Gasteiger partial charge in [0.1, 0.15) is 6.17 Å². The van der Waals surface area contributed by atoms with Gasteiger partial charge in [0.25, 0.3) is 0 Å². The topological polar surface area (TPSA) is 94.0 Å². The van der Waals surface area contributed by atoms with Crippen LogP contribution in [0.4, 0.5) is 5.82 Å². The van der Waals surface area contributed by atoms with Crippen molar-refractivity contribution < 1.29 is 0 Å². The number of nitrogens with two attached hydrogens (primary N) is 1. The fraction of sp³-hybridized carbons (Fsp3) is 0.500. The van der Waals surface area contributed by atoms with Gasteiger partial charge >= 0.3 is 0 Å². The maximum absolute atomic E-state index is 6.35. The highest BCUT2D eigenvalue weighted by Crippen LogP contribution is 2.36. The van der Waals surface area contributed by atoms with E-state index in [0.29, 0.717) is 5.92 Å². The molecule has 1 fully saturated rings. The highest BCUT2D eigenvalue weighted by atomic mass is 32.2. The third-order valence-electron chi connectivity index (χ3n) is 4.64. The molecule has 0 amide bonds. The van der Waals surface area contributed by atoms with E-state index in [1.165, 1.54) is 30.3 Å². The van der Waals surface area contributed by atoms with Gasteiger partial charge in [-0.1, -0.05) is 11.8 Å². The third kappa shape index (κ3) is 2.85. The Morgan fingerprint density at radius 1 is 1.29 bits per heavy atom. The summed E-state index contributed by atoms with van der Waals surface area (Å²) in [6.07, 6.45) is 10.4. The molecule has 1 saturated heterocycles. The number of aromatic nitrogens is 4. The van der Waals surface area contributed by atoms with Crippen LogP contribution in [-0.2, 0) is 0 Å². The van der Waals surface area contributed by atoms with Crippen LogP contribution >= 0.6 is 11.8 Å². The van der Waals surface area contributed by atoms with Gasteiger partial charge in [-0.05, 0) is 25.6 Å². The Hall–Kier alpha value is -1.77. The second kappa shape index (κ2) is 6.62. The van der Waals surface area contributed by atoms with Gasteiger partial charge in [-0.25, -0.2) is 19.6 Å². The minimum Gasteiger partial charge on any atom is -0.316 e. The summed E-state index contributed by atoms with van der Waals surface area (Å²) in [5.41, 5.74) is 9.40. The molecule has 7 nitrogen and oxygen atoms in total. The van der Waals surface area contributed by atoms with Gasteiger partial charge in [-0.2, -0.15) is 5.10 Å². The van der Waals surface area contributed by atoms with Gasteiger partial charge in [0.2, 0.25) is 0 Å². The predicted molar refractivity (Wildman–Crippen MR) is 95.6 cm³/mol. The Morgan fingerprint density at radius 2 is 2.12 bits per heavy atom. The van der Waals surface area contributed by atoms with E-state index < -0.39 is 0 Å². The second-order valence-electron chi connectivity index (χ2n) is 6.20. The van der Waals surface area contributed by atoms with Crippen molar-refractivity contribution in [2.75, 3.05) is 19.3 Å². The summed E-state index contributed by atoms with van der Waals surface area (Å²) in [6, 6.07) is 0. The van der Waals surface area contributed by atoms with Gasteiger partial charge < -0.3 is 11.1 Å². The summed E-state index contributed by atoms with van der Waals surface area (Å²) in [6.45, 7) is 2.08. The van der Waals surface area contributed by atoms with Crippen molar-refractivity contribution in [3.8, 4) is 11.1 Å². The first-order valence-corrected chi connectivity index (χ1v) is 9.46. The lowest BCUT2D eigenvalue weighted by Crippen LogP contribution is -2.37. The quantitative estimate of drug-likeness (QED) is 0.654. The maximum atomic E-state index is 6.35. The monoisotopic (exact) mass is 343 g/mol. The molecule has 2 unspecified atom stereocenters. The van der Waals surface area contributed by atoms with Crippen LogP contribution in [0.1, 0.15) is 25.4 Å². The van der Waals surface area contributed by atoms with Crippen LogP contribution in [0, 0.1) is 5.92 Å². The molecule has 2 aliphatic rings. The lowest BCUT2D eigenvalue weighted by molar-refractivity contribution is 0.426. The molecule has 4 rings (SSSR count). The number of nitrogens with one attached hydrogen (secondary N) is 1. The molecule has 2 aliphatic heterocycles. The van der Waals surface area contributed by atoms with Crippen molar-refractivity contribution in [3.05, 3.63) is 18.6 Å². The lowest BCUT2D eigenvalue weighted by atomic mass is 9.91. The minimum absolute atomic E-state index is 0.158. The van der Waals surface area contributed by atoms with E-state index in [1.54, 1.807) is 0 Å². The third-order valence-corrected chi connectivity index (χ3v) is 5.22. The summed E-state index contributed by atoms with van der Waals surface area (Å²) in [7, 11) is 0. The summed E-state index contributed by atoms with van der Waals surface area (Å²) >= 11 is 1.53. The number of hydrogen-bond acceptors (Lipinski definition) is 7. The molecule has 0 aromatic carbocycles. The number of hydrogen-bond donors (Lipinski definition) is 2. The van der Waals surface area contributed by atoms with Crippen LogP contribution in [0.15, 0.2) is 28.7 Å². The molecule has 0 spiro atoms. The van der Waals surface area contributed by atoms with Crippen molar-refractivity contribution in [2.45, 2.75) is 30.6 Å². The first kappa shape index (κ1) is 15.7. The van der Waals surface area contributed by atoms with E-state index in [1.807, 2.05) is 29.5 Å². The molecule has 2 aromatic heterocycles. The number of rotatable bonds is 3. The van der Waals surface area contributed by atoms with E-state index >= 15 is 0 Å². The number of nitrogens with zero attached hydrogens (tertiary/aromatic N) is 5. The Balaban J connectivity index is 1.71. The van der Waals surface area contributed by atoms with Gasteiger partial charge in [0.05, 0.1) is 6.20 Å². The Kier molecular flexibility index (Phi) is 4.34. The standard InChI is InChI=1S/C16H21N7S/c1-24-16-19-7-11(8-20-16)12-9-21-23-14(17)5-13(22-15(12)23)10-3-2-4-18-6-10/h7-10,14,18H,2-6,17H2,1H3. The summed E-state index contributed by atoms with van der Waals surface area (Å²) in [5.74, 6) is 1.30. The molecule has 24 heavy (non-hydrogen) atoms. The largest absolute Gasteiger partial charge is 0.316 e. The van der Waals surface area contributed by atoms with Crippen LogP contribution < -0.4 is 11.1 Å². The summed E-state index contributed by atoms with van der Waals surface area (Å²) < 4.78 is 1.82. The van der Waals surface area contributed by atoms with E-state index in [0.717, 1.165) is 41.6 Å². The van der Waals surface area contributed by atoms with Crippen molar-refractivity contribution in [2.24, 2.45) is 16.6 Å². The van der Waals surface area contributed by atoms with Crippen LogP contribution in [0.5, 0.6) is 0 Å². The zero-order valence-electron chi connectivity index (χ0n) is 13.6. The highest BCUT2D eigenvalue weighted by molar-refractivity contribution is 7.98. The predicted octanol–water partition coefficient (Wildman–Crippen LogP) is 2.00. The number of piperidine rings is 1. The molecule has 126 valence electrons. The zero-order chi connectivity index (χ0) is 16.5. The van der Waals surface area contributed by atoms with Crippen molar-refractivity contribution in [3.63, 3.8) is 0 Å². The molecule has 0 aliphatic carbocycles. The molecular formula is C16H21N7S. The van der Waals surface area contributed by atoms with E-state index in [-0.39, 0.29) is 6.17 Å². The fourth-order valence-corrected chi connectivity index (χ4v) is 3.67. The van der Waals surface area contributed by atoms with Gasteiger partial charge in [0, 0.05) is 48.1 Å². The fourth-order valence-electron chi connectivity index (χ4n) is 3.35. The second-order valence-corrected chi connectivity index (χ2v) is 6.98.